The first-order valence-electron chi connectivity index (χ1n) is 5.77. The highest BCUT2D eigenvalue weighted by Crippen LogP contribution is 2.30. The van der Waals surface area contributed by atoms with Crippen molar-refractivity contribution in [2.75, 3.05) is 6.54 Å². The maximum absolute atomic E-state index is 13.6. The molecule has 17 heavy (non-hydrogen) atoms. The summed E-state index contributed by atoms with van der Waals surface area (Å²) in [4.78, 5) is 11.7. The molecule has 1 aliphatic carbocycles. The van der Waals surface area contributed by atoms with Gasteiger partial charge in [-0.15, -0.1) is 0 Å². The van der Waals surface area contributed by atoms with Gasteiger partial charge >= 0.3 is 0 Å². The number of aryl methyl sites for hydroxylation is 1. The summed E-state index contributed by atoms with van der Waals surface area (Å²) in [5, 5.41) is 12.4. The summed E-state index contributed by atoms with van der Waals surface area (Å²) in [6, 6.07) is 4.71. The molecule has 1 aromatic rings. The van der Waals surface area contributed by atoms with Crippen molar-refractivity contribution in [3.8, 4) is 0 Å². The topological polar surface area (TPSA) is 49.3 Å². The van der Waals surface area contributed by atoms with Crippen LogP contribution in [0.3, 0.4) is 0 Å². The van der Waals surface area contributed by atoms with Crippen LogP contribution in [-0.4, -0.2) is 23.2 Å². The third-order valence-electron chi connectivity index (χ3n) is 3.30. The zero-order valence-electron chi connectivity index (χ0n) is 9.79. The van der Waals surface area contributed by atoms with Gasteiger partial charge in [0.15, 0.2) is 0 Å². The van der Waals surface area contributed by atoms with Gasteiger partial charge in [0.1, 0.15) is 5.82 Å². The molecule has 2 rings (SSSR count). The lowest BCUT2D eigenvalue weighted by molar-refractivity contribution is -0.0300. The van der Waals surface area contributed by atoms with Crippen molar-refractivity contribution < 1.29 is 14.3 Å². The number of rotatable bonds is 3. The van der Waals surface area contributed by atoms with Crippen molar-refractivity contribution in [2.24, 2.45) is 0 Å². The summed E-state index contributed by atoms with van der Waals surface area (Å²) in [7, 11) is 0. The smallest absolute Gasteiger partial charge is 0.254 e. The quantitative estimate of drug-likeness (QED) is 0.841. The molecule has 0 spiro atoms. The van der Waals surface area contributed by atoms with Gasteiger partial charge in [0.05, 0.1) is 11.2 Å². The van der Waals surface area contributed by atoms with E-state index in [-0.39, 0.29) is 12.1 Å². The molecule has 1 fully saturated rings. The predicted molar refractivity (Wildman–Crippen MR) is 62.3 cm³/mol. The monoisotopic (exact) mass is 237 g/mol. The van der Waals surface area contributed by atoms with Gasteiger partial charge in [0.2, 0.25) is 0 Å². The molecule has 1 saturated carbocycles. The van der Waals surface area contributed by atoms with Crippen LogP contribution in [0.5, 0.6) is 0 Å². The third-order valence-corrected chi connectivity index (χ3v) is 3.30. The van der Waals surface area contributed by atoms with E-state index in [1.165, 1.54) is 6.07 Å². The summed E-state index contributed by atoms with van der Waals surface area (Å²) in [6.45, 7) is 1.81. The standard InChI is InChI=1S/C13H16FNO2/c1-9-4-2-5-10(11(9)14)12(16)15-8-13(17)6-3-7-13/h2,4-5,17H,3,6-8H2,1H3,(H,15,16). The minimum Gasteiger partial charge on any atom is -0.388 e. The fourth-order valence-electron chi connectivity index (χ4n) is 1.92. The van der Waals surface area contributed by atoms with Gasteiger partial charge in [-0.3, -0.25) is 4.79 Å². The van der Waals surface area contributed by atoms with Gasteiger partial charge in [-0.1, -0.05) is 12.1 Å². The van der Waals surface area contributed by atoms with Crippen molar-refractivity contribution in [1.82, 2.24) is 5.32 Å². The lowest BCUT2D eigenvalue weighted by Crippen LogP contribution is -2.47. The van der Waals surface area contributed by atoms with Crippen LogP contribution in [0.15, 0.2) is 18.2 Å². The number of hydrogen-bond donors (Lipinski definition) is 2. The van der Waals surface area contributed by atoms with Gasteiger partial charge in [-0.05, 0) is 37.8 Å². The molecule has 0 saturated heterocycles. The second kappa shape index (κ2) is 4.45. The normalized spacial score (nSPS) is 17.4. The molecule has 0 heterocycles. The van der Waals surface area contributed by atoms with Crippen molar-refractivity contribution in [3.63, 3.8) is 0 Å². The van der Waals surface area contributed by atoms with Crippen molar-refractivity contribution in [2.45, 2.75) is 31.8 Å². The van der Waals surface area contributed by atoms with E-state index in [0.29, 0.717) is 18.4 Å². The number of hydrogen-bond acceptors (Lipinski definition) is 2. The van der Waals surface area contributed by atoms with Gasteiger partial charge in [0, 0.05) is 6.54 Å². The van der Waals surface area contributed by atoms with Crippen LogP contribution in [0.4, 0.5) is 4.39 Å². The first kappa shape index (κ1) is 12.0. The average Bonchev–Trinajstić information content (AvgIpc) is 2.27. The lowest BCUT2D eigenvalue weighted by atomic mass is 9.80. The van der Waals surface area contributed by atoms with E-state index >= 15 is 0 Å². The maximum Gasteiger partial charge on any atom is 0.254 e. The first-order chi connectivity index (χ1) is 8.02. The van der Waals surface area contributed by atoms with Crippen LogP contribution in [0, 0.1) is 12.7 Å². The number of halogens is 1. The molecule has 0 bridgehead atoms. The summed E-state index contributed by atoms with van der Waals surface area (Å²) in [5.74, 6) is -0.961. The fourth-order valence-corrected chi connectivity index (χ4v) is 1.92. The van der Waals surface area contributed by atoms with Crippen LogP contribution < -0.4 is 5.32 Å². The van der Waals surface area contributed by atoms with Crippen molar-refractivity contribution in [1.29, 1.82) is 0 Å². The Labute approximate surface area is 99.7 Å². The number of carbonyl (C=O) groups excluding carboxylic acids is 1. The lowest BCUT2D eigenvalue weighted by Gasteiger charge is -2.36. The van der Waals surface area contributed by atoms with Gasteiger partial charge in [-0.25, -0.2) is 4.39 Å². The highest BCUT2D eigenvalue weighted by molar-refractivity contribution is 5.94. The Hall–Kier alpha value is -1.42. The van der Waals surface area contributed by atoms with E-state index < -0.39 is 17.3 Å². The average molecular weight is 237 g/mol. The number of amides is 1. The van der Waals surface area contributed by atoms with Crippen molar-refractivity contribution >= 4 is 5.91 Å². The molecule has 1 amide bonds. The van der Waals surface area contributed by atoms with E-state index in [0.717, 1.165) is 6.42 Å². The summed E-state index contributed by atoms with van der Waals surface area (Å²) in [5.41, 5.74) is -0.302. The Kier molecular flexibility index (Phi) is 3.15. The molecule has 1 aromatic carbocycles. The zero-order chi connectivity index (χ0) is 12.5. The van der Waals surface area contributed by atoms with Gasteiger partial charge in [0.25, 0.3) is 5.91 Å². The minimum atomic E-state index is -0.782. The third kappa shape index (κ3) is 2.47. The molecule has 0 radical (unpaired) electrons. The Morgan fingerprint density at radius 1 is 1.53 bits per heavy atom. The molecule has 1 aliphatic rings. The van der Waals surface area contributed by atoms with Gasteiger partial charge in [-0.2, -0.15) is 0 Å². The highest BCUT2D eigenvalue weighted by Gasteiger charge is 2.34. The van der Waals surface area contributed by atoms with E-state index in [1.54, 1.807) is 19.1 Å². The second-order valence-electron chi connectivity index (χ2n) is 4.70. The summed E-state index contributed by atoms with van der Waals surface area (Å²) < 4.78 is 13.6. The largest absolute Gasteiger partial charge is 0.388 e. The van der Waals surface area contributed by atoms with Gasteiger partial charge < -0.3 is 10.4 Å². The Balaban J connectivity index is 2.02. The zero-order valence-corrected chi connectivity index (χ0v) is 9.79. The van der Waals surface area contributed by atoms with Crippen LogP contribution in [0.1, 0.15) is 35.2 Å². The van der Waals surface area contributed by atoms with Crippen molar-refractivity contribution in [3.05, 3.63) is 35.1 Å². The summed E-state index contributed by atoms with van der Waals surface area (Å²) >= 11 is 0. The van der Waals surface area contributed by atoms with Crippen LogP contribution >= 0.6 is 0 Å². The maximum atomic E-state index is 13.6. The molecule has 3 nitrogen and oxygen atoms in total. The van der Waals surface area contributed by atoms with E-state index in [1.807, 2.05) is 0 Å². The number of benzene rings is 1. The van der Waals surface area contributed by atoms with Crippen LogP contribution in [-0.2, 0) is 0 Å². The SMILES string of the molecule is Cc1cccc(C(=O)NCC2(O)CCC2)c1F. The first-order valence-corrected chi connectivity index (χ1v) is 5.77. The molecule has 0 atom stereocenters. The Morgan fingerprint density at radius 3 is 2.82 bits per heavy atom. The minimum absolute atomic E-state index is 0.0351. The number of aliphatic hydroxyl groups is 1. The molecule has 0 unspecified atom stereocenters. The molecule has 2 N–H and O–H groups in total. The van der Waals surface area contributed by atoms with E-state index in [2.05, 4.69) is 5.32 Å². The highest BCUT2D eigenvalue weighted by atomic mass is 19.1. The molecular weight excluding hydrogens is 221 g/mol. The Bertz CT molecular complexity index is 441. The van der Waals surface area contributed by atoms with Crippen LogP contribution in [0.25, 0.3) is 0 Å². The predicted octanol–water partition coefficient (Wildman–Crippen LogP) is 1.78. The molecule has 0 aliphatic heterocycles. The van der Waals surface area contributed by atoms with E-state index in [9.17, 15) is 14.3 Å². The summed E-state index contributed by atoms with van der Waals surface area (Å²) in [6.07, 6.45) is 2.37. The fraction of sp³-hybridized carbons (Fsp3) is 0.462. The number of nitrogens with one attached hydrogen (secondary N) is 1. The van der Waals surface area contributed by atoms with E-state index in [4.69, 9.17) is 0 Å². The molecular formula is C13H16FNO2. The molecule has 92 valence electrons. The molecule has 4 heteroatoms. The van der Waals surface area contributed by atoms with Crippen LogP contribution in [0.2, 0.25) is 0 Å². The number of carbonyl (C=O) groups is 1. The molecule has 0 aromatic heterocycles. The second-order valence-corrected chi connectivity index (χ2v) is 4.70. The Morgan fingerprint density at radius 2 is 2.24 bits per heavy atom.